The standard InChI is InChI=1S/C25H22N6O3/c1-2-30-21-11-7-6-10-19(21)20-14-18(12-13-22(20)30)26-23(32)16-34-24(33)15-31-28-25(27-29-31)17-8-4-3-5-9-17/h3-14H,2,15-16H2,1H3,(H,26,32). The van der Waals surface area contributed by atoms with Gasteiger partial charge in [-0.2, -0.15) is 4.80 Å². The molecule has 0 unspecified atom stereocenters. The number of nitrogens with one attached hydrogen (secondary N) is 1. The summed E-state index contributed by atoms with van der Waals surface area (Å²) in [5, 5.41) is 16.9. The first kappa shape index (κ1) is 21.3. The number of aryl methyl sites for hydroxylation is 1. The molecule has 3 aromatic carbocycles. The minimum Gasteiger partial charge on any atom is -0.454 e. The van der Waals surface area contributed by atoms with E-state index in [0.717, 1.165) is 38.7 Å². The Hall–Kier alpha value is -4.53. The average molecular weight is 454 g/mol. The number of benzene rings is 3. The first-order valence-corrected chi connectivity index (χ1v) is 10.9. The van der Waals surface area contributed by atoms with E-state index >= 15 is 0 Å². The first-order chi connectivity index (χ1) is 16.6. The van der Waals surface area contributed by atoms with Crippen molar-refractivity contribution in [3.8, 4) is 11.4 Å². The molecule has 5 aromatic rings. The lowest BCUT2D eigenvalue weighted by Gasteiger charge is -2.07. The average Bonchev–Trinajstić information content (AvgIpc) is 3.45. The number of para-hydroxylation sites is 1. The topological polar surface area (TPSA) is 104 Å². The summed E-state index contributed by atoms with van der Waals surface area (Å²) >= 11 is 0. The summed E-state index contributed by atoms with van der Waals surface area (Å²) in [4.78, 5) is 25.7. The number of aromatic nitrogens is 5. The molecule has 2 aromatic heterocycles. The molecular weight excluding hydrogens is 432 g/mol. The number of ether oxygens (including phenoxy) is 1. The largest absolute Gasteiger partial charge is 0.454 e. The minimum absolute atomic E-state index is 0.240. The summed E-state index contributed by atoms with van der Waals surface area (Å²) in [6.07, 6.45) is 0. The molecule has 1 N–H and O–H groups in total. The fraction of sp³-hybridized carbons (Fsp3) is 0.160. The number of carbonyl (C=O) groups excluding carboxylic acids is 2. The van der Waals surface area contributed by atoms with Crippen molar-refractivity contribution in [2.45, 2.75) is 20.0 Å². The third kappa shape index (κ3) is 4.23. The van der Waals surface area contributed by atoms with Gasteiger partial charge in [-0.3, -0.25) is 4.79 Å². The normalized spacial score (nSPS) is 11.1. The molecule has 5 rings (SSSR count). The molecule has 2 heterocycles. The summed E-state index contributed by atoms with van der Waals surface area (Å²) in [5.74, 6) is -0.650. The molecule has 0 bridgehead atoms. The van der Waals surface area contributed by atoms with Crippen LogP contribution in [0.1, 0.15) is 6.92 Å². The number of carbonyl (C=O) groups is 2. The van der Waals surface area contributed by atoms with Crippen LogP contribution in [0.3, 0.4) is 0 Å². The highest BCUT2D eigenvalue weighted by Crippen LogP contribution is 2.30. The number of rotatable bonds is 7. The molecule has 0 radical (unpaired) electrons. The van der Waals surface area contributed by atoms with Crippen LogP contribution in [0.2, 0.25) is 0 Å². The molecule has 0 atom stereocenters. The van der Waals surface area contributed by atoms with Crippen molar-refractivity contribution in [3.05, 3.63) is 72.8 Å². The Morgan fingerprint density at radius 1 is 0.941 bits per heavy atom. The fourth-order valence-corrected chi connectivity index (χ4v) is 3.99. The van der Waals surface area contributed by atoms with E-state index in [2.05, 4.69) is 44.4 Å². The lowest BCUT2D eigenvalue weighted by molar-refractivity contribution is -0.148. The van der Waals surface area contributed by atoms with Gasteiger partial charge in [0.1, 0.15) is 0 Å². The number of tetrazole rings is 1. The highest BCUT2D eigenvalue weighted by molar-refractivity contribution is 6.09. The monoisotopic (exact) mass is 454 g/mol. The van der Waals surface area contributed by atoms with Gasteiger partial charge in [0, 0.05) is 39.6 Å². The maximum Gasteiger partial charge on any atom is 0.330 e. The van der Waals surface area contributed by atoms with E-state index in [4.69, 9.17) is 4.74 Å². The maximum absolute atomic E-state index is 12.4. The molecule has 0 saturated heterocycles. The van der Waals surface area contributed by atoms with E-state index in [-0.39, 0.29) is 6.54 Å². The Kier molecular flexibility index (Phi) is 5.73. The highest BCUT2D eigenvalue weighted by atomic mass is 16.5. The van der Waals surface area contributed by atoms with Crippen molar-refractivity contribution in [1.82, 2.24) is 24.8 Å². The number of fused-ring (bicyclic) bond motifs is 3. The Morgan fingerprint density at radius 3 is 2.53 bits per heavy atom. The fourth-order valence-electron chi connectivity index (χ4n) is 3.99. The smallest absolute Gasteiger partial charge is 0.330 e. The van der Waals surface area contributed by atoms with Crippen LogP contribution in [0.25, 0.3) is 33.2 Å². The van der Waals surface area contributed by atoms with Gasteiger partial charge in [-0.05, 0) is 36.4 Å². The summed E-state index contributed by atoms with van der Waals surface area (Å²) in [6.45, 7) is 2.30. The van der Waals surface area contributed by atoms with Gasteiger partial charge in [-0.15, -0.1) is 10.2 Å². The second-order valence-electron chi connectivity index (χ2n) is 7.71. The van der Waals surface area contributed by atoms with Crippen LogP contribution in [-0.4, -0.2) is 43.3 Å². The van der Waals surface area contributed by atoms with Gasteiger partial charge in [0.25, 0.3) is 5.91 Å². The summed E-state index contributed by atoms with van der Waals surface area (Å²) in [7, 11) is 0. The molecule has 34 heavy (non-hydrogen) atoms. The zero-order valence-corrected chi connectivity index (χ0v) is 18.5. The zero-order chi connectivity index (χ0) is 23.5. The quantitative estimate of drug-likeness (QED) is 0.377. The van der Waals surface area contributed by atoms with Gasteiger partial charge in [-0.1, -0.05) is 48.5 Å². The SMILES string of the molecule is CCn1c2ccccc2c2cc(NC(=O)COC(=O)Cn3nnc(-c4ccccc4)n3)ccc21. The Labute approximate surface area is 194 Å². The molecule has 170 valence electrons. The zero-order valence-electron chi connectivity index (χ0n) is 18.5. The number of hydrogen-bond donors (Lipinski definition) is 1. The van der Waals surface area contributed by atoms with E-state index in [9.17, 15) is 9.59 Å². The van der Waals surface area contributed by atoms with Crippen molar-refractivity contribution in [2.75, 3.05) is 11.9 Å². The van der Waals surface area contributed by atoms with Crippen LogP contribution >= 0.6 is 0 Å². The van der Waals surface area contributed by atoms with E-state index in [1.165, 1.54) is 0 Å². The minimum atomic E-state index is -0.631. The summed E-state index contributed by atoms with van der Waals surface area (Å²) in [6, 6.07) is 23.3. The van der Waals surface area contributed by atoms with Gasteiger partial charge >= 0.3 is 5.97 Å². The molecule has 0 fully saturated rings. The molecule has 0 aliphatic heterocycles. The van der Waals surface area contributed by atoms with E-state index in [1.54, 1.807) is 0 Å². The van der Waals surface area contributed by atoms with Crippen LogP contribution in [0, 0.1) is 0 Å². The number of hydrogen-bond acceptors (Lipinski definition) is 6. The number of esters is 1. The predicted octanol–water partition coefficient (Wildman–Crippen LogP) is 3.65. The van der Waals surface area contributed by atoms with Crippen LogP contribution < -0.4 is 5.32 Å². The van der Waals surface area contributed by atoms with Crippen LogP contribution in [0.5, 0.6) is 0 Å². The molecule has 9 nitrogen and oxygen atoms in total. The van der Waals surface area contributed by atoms with Gasteiger partial charge < -0.3 is 14.6 Å². The lowest BCUT2D eigenvalue weighted by atomic mass is 10.1. The van der Waals surface area contributed by atoms with E-state index < -0.39 is 18.5 Å². The molecule has 0 saturated carbocycles. The van der Waals surface area contributed by atoms with Gasteiger partial charge in [0.05, 0.1) is 0 Å². The highest BCUT2D eigenvalue weighted by Gasteiger charge is 2.14. The van der Waals surface area contributed by atoms with E-state index in [1.807, 2.05) is 60.7 Å². The van der Waals surface area contributed by atoms with Crippen molar-refractivity contribution in [2.24, 2.45) is 0 Å². The second-order valence-corrected chi connectivity index (χ2v) is 7.71. The number of nitrogens with zero attached hydrogens (tertiary/aromatic N) is 5. The molecule has 0 spiro atoms. The van der Waals surface area contributed by atoms with Crippen molar-refractivity contribution >= 4 is 39.4 Å². The maximum atomic E-state index is 12.4. The Bertz CT molecular complexity index is 1490. The number of anilines is 1. The van der Waals surface area contributed by atoms with Crippen LogP contribution in [0.4, 0.5) is 5.69 Å². The third-order valence-electron chi connectivity index (χ3n) is 5.49. The van der Waals surface area contributed by atoms with E-state index in [0.29, 0.717) is 11.5 Å². The lowest BCUT2D eigenvalue weighted by Crippen LogP contribution is -2.23. The third-order valence-corrected chi connectivity index (χ3v) is 5.49. The van der Waals surface area contributed by atoms with Crippen molar-refractivity contribution in [1.29, 1.82) is 0 Å². The van der Waals surface area contributed by atoms with Crippen LogP contribution in [0.15, 0.2) is 72.8 Å². The molecule has 0 aliphatic carbocycles. The predicted molar refractivity (Wildman–Crippen MR) is 128 cm³/mol. The molecular formula is C25H22N6O3. The second kappa shape index (κ2) is 9.14. The van der Waals surface area contributed by atoms with Crippen molar-refractivity contribution < 1.29 is 14.3 Å². The summed E-state index contributed by atoms with van der Waals surface area (Å²) < 4.78 is 7.33. The molecule has 9 heteroatoms. The Morgan fingerprint density at radius 2 is 1.71 bits per heavy atom. The molecule has 1 amide bonds. The van der Waals surface area contributed by atoms with Gasteiger partial charge in [-0.25, -0.2) is 4.79 Å². The van der Waals surface area contributed by atoms with Crippen molar-refractivity contribution in [3.63, 3.8) is 0 Å². The van der Waals surface area contributed by atoms with Crippen LogP contribution in [-0.2, 0) is 27.4 Å². The molecule has 0 aliphatic rings. The Balaban J connectivity index is 1.20. The van der Waals surface area contributed by atoms with Gasteiger partial charge in [0.15, 0.2) is 13.2 Å². The number of amides is 1. The first-order valence-electron chi connectivity index (χ1n) is 10.9. The van der Waals surface area contributed by atoms with Gasteiger partial charge in [0.2, 0.25) is 5.82 Å². The summed E-state index contributed by atoms with van der Waals surface area (Å²) in [5.41, 5.74) is 3.68.